The van der Waals surface area contributed by atoms with Crippen molar-refractivity contribution < 1.29 is 4.92 Å². The van der Waals surface area contributed by atoms with Crippen LogP contribution in [0.2, 0.25) is 10.0 Å². The van der Waals surface area contributed by atoms with Gasteiger partial charge in [0, 0.05) is 6.07 Å². The van der Waals surface area contributed by atoms with Gasteiger partial charge in [0.1, 0.15) is 5.69 Å². The van der Waals surface area contributed by atoms with Gasteiger partial charge < -0.3 is 5.32 Å². The molecule has 2 rings (SSSR count). The van der Waals surface area contributed by atoms with E-state index in [1.807, 2.05) is 19.9 Å². The van der Waals surface area contributed by atoms with Gasteiger partial charge in [0.15, 0.2) is 0 Å². The van der Waals surface area contributed by atoms with Crippen LogP contribution in [-0.4, -0.2) is 4.92 Å². The zero-order valence-electron chi connectivity index (χ0n) is 11.6. The molecule has 2 aromatic rings. The Kier molecular flexibility index (Phi) is 4.70. The van der Waals surface area contributed by atoms with E-state index in [1.54, 1.807) is 24.3 Å². The van der Waals surface area contributed by atoms with Crippen LogP contribution in [0, 0.1) is 17.0 Å². The highest BCUT2D eigenvalue weighted by Gasteiger charge is 2.18. The summed E-state index contributed by atoms with van der Waals surface area (Å²) in [6.45, 7) is 3.76. The summed E-state index contributed by atoms with van der Waals surface area (Å²) in [5, 5.41) is 15.1. The highest BCUT2D eigenvalue weighted by atomic mass is 35.5. The molecule has 0 bridgehead atoms. The number of rotatable bonds is 4. The lowest BCUT2D eigenvalue weighted by molar-refractivity contribution is -0.384. The first-order valence-corrected chi connectivity index (χ1v) is 7.11. The Morgan fingerprint density at radius 1 is 1.24 bits per heavy atom. The Morgan fingerprint density at radius 2 is 1.95 bits per heavy atom. The third-order valence-corrected chi connectivity index (χ3v) is 4.00. The predicted molar refractivity (Wildman–Crippen MR) is 86.3 cm³/mol. The maximum absolute atomic E-state index is 11.1. The lowest BCUT2D eigenvalue weighted by atomic mass is 10.1. The molecule has 0 fully saturated rings. The van der Waals surface area contributed by atoms with Crippen LogP contribution >= 0.6 is 23.2 Å². The van der Waals surface area contributed by atoms with Crippen molar-refractivity contribution in [3.05, 3.63) is 67.7 Å². The molecule has 21 heavy (non-hydrogen) atoms. The molecule has 2 aromatic carbocycles. The molecule has 0 amide bonds. The van der Waals surface area contributed by atoms with Crippen molar-refractivity contribution in [2.45, 2.75) is 19.9 Å². The lowest BCUT2D eigenvalue weighted by Crippen LogP contribution is -2.09. The molecule has 0 spiro atoms. The fraction of sp³-hybridized carbons (Fsp3) is 0.200. The van der Waals surface area contributed by atoms with Crippen LogP contribution in [0.15, 0.2) is 36.4 Å². The predicted octanol–water partition coefficient (Wildman–Crippen LogP) is 5.38. The number of hydrogen-bond donors (Lipinski definition) is 1. The molecule has 0 aromatic heterocycles. The number of hydrogen-bond acceptors (Lipinski definition) is 3. The molecule has 4 nitrogen and oxygen atoms in total. The number of nitro groups is 1. The maximum atomic E-state index is 11.1. The van der Waals surface area contributed by atoms with E-state index >= 15 is 0 Å². The van der Waals surface area contributed by atoms with Crippen LogP contribution in [0.4, 0.5) is 11.4 Å². The highest BCUT2D eigenvalue weighted by molar-refractivity contribution is 6.42. The van der Waals surface area contributed by atoms with Gasteiger partial charge in [-0.25, -0.2) is 0 Å². The largest absolute Gasteiger partial charge is 0.373 e. The number of nitrogens with one attached hydrogen (secondary N) is 1. The van der Waals surface area contributed by atoms with E-state index < -0.39 is 4.92 Å². The number of aryl methyl sites for hydroxylation is 1. The quantitative estimate of drug-likeness (QED) is 0.606. The SMILES string of the molecule is Cc1ccc([N+](=O)[O-])c(NC(C)c2cccc(Cl)c2Cl)c1. The zero-order valence-corrected chi connectivity index (χ0v) is 13.1. The zero-order chi connectivity index (χ0) is 15.6. The minimum atomic E-state index is -0.409. The molecule has 6 heteroatoms. The molecule has 0 radical (unpaired) electrons. The topological polar surface area (TPSA) is 55.2 Å². The third kappa shape index (κ3) is 3.46. The molecular formula is C15H14Cl2N2O2. The van der Waals surface area contributed by atoms with Crippen molar-refractivity contribution in [3.8, 4) is 0 Å². The molecule has 0 aliphatic rings. The van der Waals surface area contributed by atoms with Gasteiger partial charge >= 0.3 is 0 Å². The summed E-state index contributed by atoms with van der Waals surface area (Å²) in [7, 11) is 0. The van der Waals surface area contributed by atoms with E-state index in [1.165, 1.54) is 6.07 Å². The summed E-state index contributed by atoms with van der Waals surface area (Å²) in [6.07, 6.45) is 0. The summed E-state index contributed by atoms with van der Waals surface area (Å²) in [5.74, 6) is 0. The first kappa shape index (κ1) is 15.6. The van der Waals surface area contributed by atoms with Crippen LogP contribution in [0.25, 0.3) is 0 Å². The monoisotopic (exact) mass is 324 g/mol. The van der Waals surface area contributed by atoms with Crippen LogP contribution in [0.5, 0.6) is 0 Å². The van der Waals surface area contributed by atoms with Gasteiger partial charge in [-0.2, -0.15) is 0 Å². The normalized spacial score (nSPS) is 12.0. The smallest absolute Gasteiger partial charge is 0.292 e. The van der Waals surface area contributed by atoms with Gasteiger partial charge in [-0.15, -0.1) is 0 Å². The number of nitrogens with zero attached hydrogens (tertiary/aromatic N) is 1. The number of anilines is 1. The van der Waals surface area contributed by atoms with Gasteiger partial charge in [0.05, 0.1) is 21.0 Å². The van der Waals surface area contributed by atoms with Crippen LogP contribution in [0.3, 0.4) is 0 Å². The van der Waals surface area contributed by atoms with Crippen molar-refractivity contribution in [1.82, 2.24) is 0 Å². The van der Waals surface area contributed by atoms with Crippen molar-refractivity contribution >= 4 is 34.6 Å². The molecule has 110 valence electrons. The van der Waals surface area contributed by atoms with Gasteiger partial charge in [-0.3, -0.25) is 10.1 Å². The van der Waals surface area contributed by atoms with Crippen LogP contribution < -0.4 is 5.32 Å². The molecule has 1 unspecified atom stereocenters. The number of nitro benzene ring substituents is 1. The fourth-order valence-electron chi connectivity index (χ4n) is 2.09. The van der Waals surface area contributed by atoms with E-state index in [9.17, 15) is 10.1 Å². The van der Waals surface area contributed by atoms with Crippen molar-refractivity contribution in [1.29, 1.82) is 0 Å². The Balaban J connectivity index is 2.35. The van der Waals surface area contributed by atoms with E-state index in [0.29, 0.717) is 15.7 Å². The summed E-state index contributed by atoms with van der Waals surface area (Å²) in [4.78, 5) is 10.7. The van der Waals surface area contributed by atoms with Gasteiger partial charge in [-0.1, -0.05) is 41.4 Å². The fourth-order valence-corrected chi connectivity index (χ4v) is 2.56. The molecule has 0 heterocycles. The molecule has 0 saturated carbocycles. The first-order chi connectivity index (χ1) is 9.90. The Morgan fingerprint density at radius 3 is 2.62 bits per heavy atom. The van der Waals surface area contributed by atoms with Crippen LogP contribution in [-0.2, 0) is 0 Å². The summed E-state index contributed by atoms with van der Waals surface area (Å²) in [5.41, 5.74) is 2.22. The number of halogens is 2. The molecule has 0 aliphatic carbocycles. The standard InChI is InChI=1S/C15H14Cl2N2O2/c1-9-6-7-14(19(20)21)13(8-9)18-10(2)11-4-3-5-12(16)15(11)17/h3-8,10,18H,1-2H3. The Bertz CT molecular complexity index is 689. The van der Waals surface area contributed by atoms with Crippen molar-refractivity contribution in [2.24, 2.45) is 0 Å². The minimum Gasteiger partial charge on any atom is -0.373 e. The van der Waals surface area contributed by atoms with E-state index in [0.717, 1.165) is 11.1 Å². The van der Waals surface area contributed by atoms with E-state index in [4.69, 9.17) is 23.2 Å². The van der Waals surface area contributed by atoms with E-state index in [-0.39, 0.29) is 11.7 Å². The second-order valence-electron chi connectivity index (χ2n) is 4.79. The average molecular weight is 325 g/mol. The summed E-state index contributed by atoms with van der Waals surface area (Å²) in [6, 6.07) is 10.1. The van der Waals surface area contributed by atoms with Crippen LogP contribution in [0.1, 0.15) is 24.1 Å². The molecule has 0 aliphatic heterocycles. The van der Waals surface area contributed by atoms with Gasteiger partial charge in [0.2, 0.25) is 0 Å². The molecular weight excluding hydrogens is 311 g/mol. The van der Waals surface area contributed by atoms with Crippen molar-refractivity contribution in [3.63, 3.8) is 0 Å². The summed E-state index contributed by atoms with van der Waals surface area (Å²) >= 11 is 12.2. The summed E-state index contributed by atoms with van der Waals surface area (Å²) < 4.78 is 0. The van der Waals surface area contributed by atoms with Crippen molar-refractivity contribution in [2.75, 3.05) is 5.32 Å². The third-order valence-electron chi connectivity index (χ3n) is 3.17. The Hall–Kier alpha value is -1.78. The maximum Gasteiger partial charge on any atom is 0.292 e. The Labute approximate surface area is 132 Å². The molecule has 1 N–H and O–H groups in total. The second-order valence-corrected chi connectivity index (χ2v) is 5.57. The lowest BCUT2D eigenvalue weighted by Gasteiger charge is -2.18. The highest BCUT2D eigenvalue weighted by Crippen LogP contribution is 2.34. The second kappa shape index (κ2) is 6.33. The number of benzene rings is 2. The minimum absolute atomic E-state index is 0.0330. The van der Waals surface area contributed by atoms with Gasteiger partial charge in [0.25, 0.3) is 5.69 Å². The van der Waals surface area contributed by atoms with E-state index in [2.05, 4.69) is 5.32 Å². The first-order valence-electron chi connectivity index (χ1n) is 6.35. The van der Waals surface area contributed by atoms with Gasteiger partial charge in [-0.05, 0) is 37.1 Å². The molecule has 1 atom stereocenters. The molecule has 0 saturated heterocycles. The average Bonchev–Trinajstić information content (AvgIpc) is 2.41.